The van der Waals surface area contributed by atoms with E-state index in [-0.39, 0.29) is 0 Å². The van der Waals surface area contributed by atoms with Gasteiger partial charge in [-0.15, -0.1) is 0 Å². The Morgan fingerprint density at radius 2 is 0.877 bits per heavy atom. The van der Waals surface area contributed by atoms with Gasteiger partial charge in [0.1, 0.15) is 0 Å². The van der Waals surface area contributed by atoms with Crippen molar-refractivity contribution >= 4 is 33.0 Å². The third-order valence-corrected chi connectivity index (χ3v) is 12.5. The molecule has 5 heteroatoms. The number of benzene rings is 8. The lowest BCUT2D eigenvalue weighted by molar-refractivity contribution is 0.765. The number of hydrogen-bond acceptors (Lipinski definition) is 5. The molecule has 11 rings (SSSR count). The average molecular weight is 832 g/mol. The normalized spacial score (nSPS) is 13.6. The number of fused-ring (bicyclic) bond motifs is 2. The van der Waals surface area contributed by atoms with Gasteiger partial charge in [-0.2, -0.15) is 5.26 Å². The molecule has 0 N–H and O–H groups in total. The SMILES string of the molecule is C[C@@H]1CC(c2nc(-c3ccc(-c4ccc(-c5ccc(-c6nc(-c7ccc(-c8ccccc8)cc7)nc7ccccc67)cc5)cc4C#N)cc3)c3ccccc3n2)=CC=C1c1ccccc1. The number of nitrogens with zero attached hydrogens (tertiary/aromatic N) is 5. The highest BCUT2D eigenvalue weighted by atomic mass is 14.9. The van der Waals surface area contributed by atoms with E-state index >= 15 is 0 Å². The molecule has 0 bridgehead atoms. The van der Waals surface area contributed by atoms with Crippen molar-refractivity contribution < 1.29 is 0 Å². The maximum atomic E-state index is 10.5. The Morgan fingerprint density at radius 1 is 0.415 bits per heavy atom. The van der Waals surface area contributed by atoms with Crippen LogP contribution in [0.4, 0.5) is 0 Å². The smallest absolute Gasteiger partial charge is 0.160 e. The van der Waals surface area contributed by atoms with Crippen LogP contribution in [0.2, 0.25) is 0 Å². The number of rotatable bonds is 8. The second-order valence-electron chi connectivity index (χ2n) is 16.6. The van der Waals surface area contributed by atoms with Crippen LogP contribution in [0.15, 0.2) is 212 Å². The van der Waals surface area contributed by atoms with E-state index in [1.54, 1.807) is 0 Å². The first-order valence-corrected chi connectivity index (χ1v) is 22.0. The Bertz CT molecular complexity index is 3490. The summed E-state index contributed by atoms with van der Waals surface area (Å²) < 4.78 is 0. The van der Waals surface area contributed by atoms with E-state index < -0.39 is 0 Å². The van der Waals surface area contributed by atoms with Crippen molar-refractivity contribution in [1.29, 1.82) is 5.26 Å². The van der Waals surface area contributed by atoms with Crippen molar-refractivity contribution in [1.82, 2.24) is 19.9 Å². The molecule has 0 saturated heterocycles. The molecule has 2 aromatic heterocycles. The molecule has 0 saturated carbocycles. The molecule has 8 aromatic carbocycles. The van der Waals surface area contributed by atoms with Crippen LogP contribution in [0.5, 0.6) is 0 Å². The summed E-state index contributed by atoms with van der Waals surface area (Å²) in [6.45, 7) is 2.27. The van der Waals surface area contributed by atoms with E-state index in [0.717, 1.165) is 95.5 Å². The summed E-state index contributed by atoms with van der Waals surface area (Å²) in [5.74, 6) is 1.78. The number of allylic oxidation sites excluding steroid dienone is 4. The van der Waals surface area contributed by atoms with Crippen molar-refractivity contribution in [2.24, 2.45) is 5.92 Å². The maximum absolute atomic E-state index is 10.5. The summed E-state index contributed by atoms with van der Waals surface area (Å²) in [6, 6.07) is 71.2. The first-order valence-electron chi connectivity index (χ1n) is 22.0. The first kappa shape index (κ1) is 39.3. The zero-order valence-corrected chi connectivity index (χ0v) is 35.7. The Morgan fingerprint density at radius 3 is 1.48 bits per heavy atom. The van der Waals surface area contributed by atoms with Gasteiger partial charge in [-0.1, -0.05) is 201 Å². The molecule has 10 aromatic rings. The van der Waals surface area contributed by atoms with E-state index in [9.17, 15) is 5.26 Å². The molecule has 0 spiro atoms. The summed E-state index contributed by atoms with van der Waals surface area (Å²) in [5.41, 5.74) is 17.0. The molecule has 5 nitrogen and oxygen atoms in total. The van der Waals surface area contributed by atoms with Gasteiger partial charge in [-0.05, 0) is 80.6 Å². The van der Waals surface area contributed by atoms with Gasteiger partial charge in [-0.3, -0.25) is 0 Å². The van der Waals surface area contributed by atoms with Crippen LogP contribution in [0.25, 0.3) is 100 Å². The Kier molecular flexibility index (Phi) is 10.2. The van der Waals surface area contributed by atoms with Crippen molar-refractivity contribution in [3.05, 3.63) is 229 Å². The molecule has 1 aliphatic carbocycles. The van der Waals surface area contributed by atoms with Gasteiger partial charge in [0.15, 0.2) is 11.6 Å². The molecule has 0 unspecified atom stereocenters. The topological polar surface area (TPSA) is 75.3 Å². The molecule has 306 valence electrons. The van der Waals surface area contributed by atoms with Crippen LogP contribution in [-0.2, 0) is 0 Å². The minimum atomic E-state index is 0.337. The summed E-state index contributed by atoms with van der Waals surface area (Å²) in [5, 5.41) is 12.4. The van der Waals surface area contributed by atoms with Crippen LogP contribution >= 0.6 is 0 Å². The largest absolute Gasteiger partial charge is 0.228 e. The number of aromatic nitrogens is 4. The van der Waals surface area contributed by atoms with Crippen LogP contribution in [0.3, 0.4) is 0 Å². The molecule has 2 heterocycles. The zero-order valence-electron chi connectivity index (χ0n) is 35.7. The van der Waals surface area contributed by atoms with Gasteiger partial charge in [0.25, 0.3) is 0 Å². The van der Waals surface area contributed by atoms with E-state index in [2.05, 4.69) is 183 Å². The fourth-order valence-electron chi connectivity index (χ4n) is 9.04. The van der Waals surface area contributed by atoms with Gasteiger partial charge in [0.2, 0.25) is 0 Å². The van der Waals surface area contributed by atoms with E-state index in [0.29, 0.717) is 17.3 Å². The van der Waals surface area contributed by atoms with Gasteiger partial charge in [0, 0.05) is 27.5 Å². The van der Waals surface area contributed by atoms with Crippen LogP contribution in [0, 0.1) is 17.2 Å². The third kappa shape index (κ3) is 7.69. The molecule has 65 heavy (non-hydrogen) atoms. The van der Waals surface area contributed by atoms with Crippen LogP contribution in [-0.4, -0.2) is 19.9 Å². The van der Waals surface area contributed by atoms with Gasteiger partial charge < -0.3 is 0 Å². The highest BCUT2D eigenvalue weighted by Crippen LogP contribution is 2.38. The van der Waals surface area contributed by atoms with E-state index in [4.69, 9.17) is 19.9 Å². The molecule has 0 fully saturated rings. The summed E-state index contributed by atoms with van der Waals surface area (Å²) in [6.07, 6.45) is 5.27. The maximum Gasteiger partial charge on any atom is 0.160 e. The monoisotopic (exact) mass is 831 g/mol. The predicted molar refractivity (Wildman–Crippen MR) is 266 cm³/mol. The second kappa shape index (κ2) is 16.9. The highest BCUT2D eigenvalue weighted by Gasteiger charge is 2.21. The van der Waals surface area contributed by atoms with Crippen molar-refractivity contribution in [3.8, 4) is 73.4 Å². The molecule has 1 atom stereocenters. The standard InChI is InChI=1S/C60H41N5/c1-39-36-49(33-34-51(39)43-14-6-3-7-15-43)60-63-56-19-11-9-17-54(56)58(65-60)46-28-24-44(25-29-46)52-35-32-48(37-50(52)38-61)42-20-26-45(27-21-42)57-53-16-8-10-18-55(53)62-59(64-57)47-30-22-41(23-31-47)40-12-4-2-5-13-40/h2-35,37,39H,36H2,1H3/t39-/m1/s1. The lowest BCUT2D eigenvalue weighted by Gasteiger charge is -2.22. The Balaban J connectivity index is 0.869. The van der Waals surface area contributed by atoms with E-state index in [1.807, 2.05) is 42.5 Å². The molecule has 1 aliphatic rings. The number of hydrogen-bond donors (Lipinski definition) is 0. The summed E-state index contributed by atoms with van der Waals surface area (Å²) in [4.78, 5) is 20.4. The summed E-state index contributed by atoms with van der Waals surface area (Å²) in [7, 11) is 0. The lowest BCUT2D eigenvalue weighted by atomic mass is 9.84. The quantitative estimate of drug-likeness (QED) is 0.152. The third-order valence-electron chi connectivity index (χ3n) is 12.5. The lowest BCUT2D eigenvalue weighted by Crippen LogP contribution is -2.07. The second-order valence-corrected chi connectivity index (χ2v) is 16.6. The Hall–Kier alpha value is -8.59. The van der Waals surface area contributed by atoms with Crippen LogP contribution < -0.4 is 0 Å². The fourth-order valence-corrected chi connectivity index (χ4v) is 9.04. The Labute approximate surface area is 378 Å². The van der Waals surface area contributed by atoms with E-state index in [1.165, 1.54) is 16.7 Å². The minimum Gasteiger partial charge on any atom is -0.228 e. The van der Waals surface area contributed by atoms with Gasteiger partial charge in [0.05, 0.1) is 34.1 Å². The molecule has 0 amide bonds. The molecular formula is C60H41N5. The minimum absolute atomic E-state index is 0.337. The van der Waals surface area contributed by atoms with Crippen LogP contribution in [0.1, 0.15) is 30.3 Å². The average Bonchev–Trinajstić information content (AvgIpc) is 3.38. The number of nitriles is 1. The van der Waals surface area contributed by atoms with Gasteiger partial charge >= 0.3 is 0 Å². The molecular weight excluding hydrogens is 791 g/mol. The predicted octanol–water partition coefficient (Wildman–Crippen LogP) is 15.0. The fraction of sp³-hybridized carbons (Fsp3) is 0.0500. The molecule has 0 aliphatic heterocycles. The van der Waals surface area contributed by atoms with Crippen molar-refractivity contribution in [2.45, 2.75) is 13.3 Å². The summed E-state index contributed by atoms with van der Waals surface area (Å²) >= 11 is 0. The number of para-hydroxylation sites is 2. The molecule has 0 radical (unpaired) electrons. The van der Waals surface area contributed by atoms with Gasteiger partial charge in [-0.25, -0.2) is 19.9 Å². The first-order chi connectivity index (χ1) is 32.1. The zero-order chi connectivity index (χ0) is 43.7. The highest BCUT2D eigenvalue weighted by molar-refractivity contribution is 5.95. The van der Waals surface area contributed by atoms with Crippen molar-refractivity contribution in [2.75, 3.05) is 0 Å². The van der Waals surface area contributed by atoms with Crippen molar-refractivity contribution in [3.63, 3.8) is 0 Å².